The Kier molecular flexibility index (Phi) is 13.8. The number of aliphatic imine (C=N–C) groups is 2. The molecule has 0 aromatic heterocycles. The minimum atomic E-state index is 0.207. The van der Waals surface area contributed by atoms with Gasteiger partial charge in [-0.15, -0.1) is 0 Å². The number of nitrogens with zero attached hydrogens (tertiary/aromatic N) is 2. The van der Waals surface area contributed by atoms with E-state index in [0.717, 1.165) is 112 Å². The lowest BCUT2D eigenvalue weighted by molar-refractivity contribution is 0.397. The van der Waals surface area contributed by atoms with Crippen LogP contribution in [0.4, 0.5) is 0 Å². The number of phenolic OH excluding ortho intramolecular Hbond substituents is 2. The maximum Gasteiger partial charge on any atom is 0.127 e. The zero-order chi connectivity index (χ0) is 28.7. The second-order valence-corrected chi connectivity index (χ2v) is 11.8. The van der Waals surface area contributed by atoms with Crippen molar-refractivity contribution in [1.82, 2.24) is 0 Å². The van der Waals surface area contributed by atoms with E-state index in [2.05, 4.69) is 52.0 Å². The largest absolute Gasteiger partial charge is 0.507 e. The van der Waals surface area contributed by atoms with E-state index >= 15 is 0 Å². The molecule has 0 bridgehead atoms. The molecule has 2 aromatic rings. The predicted octanol–water partition coefficient (Wildman–Crippen LogP) is 9.32. The summed E-state index contributed by atoms with van der Waals surface area (Å²) in [5.41, 5.74) is 6.44. The Morgan fingerprint density at radius 1 is 0.625 bits per heavy atom. The molecule has 0 amide bonds. The van der Waals surface area contributed by atoms with E-state index < -0.39 is 0 Å². The molecule has 3 rings (SSSR count). The predicted molar refractivity (Wildman–Crippen MR) is 172 cm³/mol. The SMILES string of the molecule is CCCCc1cc(C=NC2CCCC(N=Cc3cc(CCCC)cc(CCCC)c3O)C2)c(O)c(CCCC)c1. The van der Waals surface area contributed by atoms with Gasteiger partial charge < -0.3 is 10.2 Å². The van der Waals surface area contributed by atoms with Crippen LogP contribution < -0.4 is 0 Å². The third-order valence-corrected chi connectivity index (χ3v) is 8.26. The van der Waals surface area contributed by atoms with Crippen LogP contribution in [0.2, 0.25) is 0 Å². The normalized spacial score (nSPS) is 17.8. The first-order chi connectivity index (χ1) is 19.5. The Morgan fingerprint density at radius 3 is 1.43 bits per heavy atom. The Morgan fingerprint density at radius 2 is 1.02 bits per heavy atom. The van der Waals surface area contributed by atoms with Crippen molar-refractivity contribution >= 4 is 12.4 Å². The highest BCUT2D eigenvalue weighted by atomic mass is 16.3. The summed E-state index contributed by atoms with van der Waals surface area (Å²) >= 11 is 0. The summed E-state index contributed by atoms with van der Waals surface area (Å²) < 4.78 is 0. The fourth-order valence-electron chi connectivity index (χ4n) is 5.72. The van der Waals surface area contributed by atoms with Crippen molar-refractivity contribution in [3.8, 4) is 11.5 Å². The van der Waals surface area contributed by atoms with Crippen LogP contribution in [0.5, 0.6) is 11.5 Å². The molecule has 0 spiro atoms. The summed E-state index contributed by atoms with van der Waals surface area (Å²) in [7, 11) is 0. The highest BCUT2D eigenvalue weighted by Crippen LogP contribution is 2.29. The second kappa shape index (κ2) is 17.3. The van der Waals surface area contributed by atoms with Crippen molar-refractivity contribution in [2.24, 2.45) is 9.98 Å². The van der Waals surface area contributed by atoms with Gasteiger partial charge in [0.15, 0.2) is 0 Å². The maximum absolute atomic E-state index is 11.0. The number of benzene rings is 2. The van der Waals surface area contributed by atoms with Crippen LogP contribution in [-0.2, 0) is 25.7 Å². The fourth-order valence-corrected chi connectivity index (χ4v) is 5.72. The number of hydrogen-bond donors (Lipinski definition) is 2. The van der Waals surface area contributed by atoms with Gasteiger partial charge in [-0.05, 0) is 111 Å². The first-order valence-corrected chi connectivity index (χ1v) is 16.2. The molecule has 1 saturated carbocycles. The third kappa shape index (κ3) is 9.78. The van der Waals surface area contributed by atoms with Crippen LogP contribution >= 0.6 is 0 Å². The van der Waals surface area contributed by atoms with Crippen LogP contribution in [0.15, 0.2) is 34.3 Å². The van der Waals surface area contributed by atoms with Gasteiger partial charge in [-0.3, -0.25) is 9.98 Å². The molecule has 2 aromatic carbocycles. The molecule has 40 heavy (non-hydrogen) atoms. The minimum Gasteiger partial charge on any atom is -0.507 e. The number of unbranched alkanes of at least 4 members (excludes halogenated alkanes) is 4. The molecule has 220 valence electrons. The molecule has 0 radical (unpaired) electrons. The number of phenols is 2. The number of rotatable bonds is 16. The van der Waals surface area contributed by atoms with Crippen molar-refractivity contribution in [2.75, 3.05) is 0 Å². The van der Waals surface area contributed by atoms with Gasteiger partial charge in [0, 0.05) is 23.6 Å². The lowest BCUT2D eigenvalue weighted by Gasteiger charge is -2.24. The summed E-state index contributed by atoms with van der Waals surface area (Å²) in [5, 5.41) is 22.0. The molecular weight excluding hydrogens is 492 g/mol. The van der Waals surface area contributed by atoms with Gasteiger partial charge in [-0.25, -0.2) is 0 Å². The fraction of sp³-hybridized carbons (Fsp3) is 0.611. The van der Waals surface area contributed by atoms with E-state index in [1.165, 1.54) is 24.0 Å². The molecule has 2 atom stereocenters. The van der Waals surface area contributed by atoms with E-state index in [1.807, 2.05) is 12.4 Å². The van der Waals surface area contributed by atoms with Crippen LogP contribution in [0.1, 0.15) is 138 Å². The van der Waals surface area contributed by atoms with E-state index in [-0.39, 0.29) is 12.1 Å². The summed E-state index contributed by atoms with van der Waals surface area (Å²) in [6.45, 7) is 8.83. The lowest BCUT2D eigenvalue weighted by Crippen LogP contribution is -2.21. The number of aryl methyl sites for hydroxylation is 4. The Hall–Kier alpha value is -2.62. The average molecular weight is 547 g/mol. The van der Waals surface area contributed by atoms with Gasteiger partial charge in [-0.2, -0.15) is 0 Å². The Balaban J connectivity index is 1.74. The minimum absolute atomic E-state index is 0.207. The van der Waals surface area contributed by atoms with Gasteiger partial charge in [0.1, 0.15) is 11.5 Å². The second-order valence-electron chi connectivity index (χ2n) is 11.8. The smallest absolute Gasteiger partial charge is 0.127 e. The Labute approximate surface area is 244 Å². The summed E-state index contributed by atoms with van der Waals surface area (Å²) in [6, 6.07) is 9.07. The van der Waals surface area contributed by atoms with E-state index in [4.69, 9.17) is 9.98 Å². The zero-order valence-electron chi connectivity index (χ0n) is 25.7. The van der Waals surface area contributed by atoms with Crippen molar-refractivity contribution in [3.63, 3.8) is 0 Å². The zero-order valence-corrected chi connectivity index (χ0v) is 25.7. The van der Waals surface area contributed by atoms with Crippen LogP contribution in [0, 0.1) is 0 Å². The average Bonchev–Trinajstić information content (AvgIpc) is 2.97. The first-order valence-electron chi connectivity index (χ1n) is 16.2. The molecule has 2 N–H and O–H groups in total. The Bertz CT molecular complexity index is 1020. The van der Waals surface area contributed by atoms with E-state index in [1.54, 1.807) is 0 Å². The van der Waals surface area contributed by atoms with E-state index in [9.17, 15) is 10.2 Å². The summed E-state index contributed by atoms with van der Waals surface area (Å²) in [6.07, 6.45) is 20.9. The molecular formula is C36H54N2O2. The molecule has 0 aliphatic heterocycles. The quantitative estimate of drug-likeness (QED) is 0.206. The topological polar surface area (TPSA) is 65.2 Å². The van der Waals surface area contributed by atoms with Gasteiger partial charge in [-0.1, -0.05) is 65.5 Å². The summed E-state index contributed by atoms with van der Waals surface area (Å²) in [4.78, 5) is 9.93. The van der Waals surface area contributed by atoms with E-state index in [0.29, 0.717) is 11.5 Å². The molecule has 1 fully saturated rings. The monoisotopic (exact) mass is 546 g/mol. The molecule has 0 heterocycles. The summed E-state index contributed by atoms with van der Waals surface area (Å²) in [5.74, 6) is 0.806. The van der Waals surface area contributed by atoms with Gasteiger partial charge in [0.25, 0.3) is 0 Å². The molecule has 1 aliphatic rings. The van der Waals surface area contributed by atoms with Crippen LogP contribution in [0.3, 0.4) is 0 Å². The highest BCUT2D eigenvalue weighted by molar-refractivity contribution is 5.85. The lowest BCUT2D eigenvalue weighted by atomic mass is 9.91. The van der Waals surface area contributed by atoms with Crippen molar-refractivity contribution < 1.29 is 10.2 Å². The number of aromatic hydroxyl groups is 2. The van der Waals surface area contributed by atoms with Gasteiger partial charge in [0.2, 0.25) is 0 Å². The van der Waals surface area contributed by atoms with Crippen molar-refractivity contribution in [1.29, 1.82) is 0 Å². The van der Waals surface area contributed by atoms with Crippen molar-refractivity contribution in [2.45, 2.75) is 143 Å². The number of hydrogen-bond acceptors (Lipinski definition) is 4. The van der Waals surface area contributed by atoms with Gasteiger partial charge in [0.05, 0.1) is 12.1 Å². The molecule has 0 saturated heterocycles. The van der Waals surface area contributed by atoms with Crippen LogP contribution in [0.25, 0.3) is 0 Å². The molecule has 4 heteroatoms. The van der Waals surface area contributed by atoms with Crippen LogP contribution in [-0.4, -0.2) is 34.7 Å². The molecule has 1 aliphatic carbocycles. The van der Waals surface area contributed by atoms with Crippen molar-refractivity contribution in [3.05, 3.63) is 57.6 Å². The third-order valence-electron chi connectivity index (χ3n) is 8.26. The molecule has 4 nitrogen and oxygen atoms in total. The molecule has 2 unspecified atom stereocenters. The first kappa shape index (κ1) is 31.9. The maximum atomic E-state index is 11.0. The standard InChI is InChI=1S/C36H54N2O2/c1-5-9-14-27-20-29(16-11-7-3)35(39)31(22-27)25-37-33-18-13-19-34(24-33)38-26-32-23-28(15-10-6-2)21-30(36(32)40)17-12-8-4/h20-23,25-26,33-34,39-40H,5-19,24H2,1-4H3. The van der Waals surface area contributed by atoms with Gasteiger partial charge >= 0.3 is 0 Å². The highest BCUT2D eigenvalue weighted by Gasteiger charge is 2.21.